The van der Waals surface area contributed by atoms with Crippen LogP contribution in [0.15, 0.2) is 48.5 Å². The van der Waals surface area contributed by atoms with Gasteiger partial charge >= 0.3 is 0 Å². The summed E-state index contributed by atoms with van der Waals surface area (Å²) in [6, 6.07) is 14.2. The third-order valence-electron chi connectivity index (χ3n) is 3.02. The number of nitrogens with two attached hydrogens (primary N) is 1. The molecule has 0 aromatic heterocycles. The molecular weight excluding hydrogens is 281 g/mol. The molecule has 2 atom stereocenters. The number of aliphatic hydroxyl groups excluding tert-OH is 1. The van der Waals surface area contributed by atoms with Gasteiger partial charge < -0.3 is 10.8 Å². The number of benzene rings is 2. The fraction of sp³-hybridized carbons (Fsp3) is 0.200. The van der Waals surface area contributed by atoms with E-state index in [-0.39, 0.29) is 0 Å². The molecule has 0 unspecified atom stereocenters. The lowest BCUT2D eigenvalue weighted by molar-refractivity contribution is 0.145. The van der Waals surface area contributed by atoms with Gasteiger partial charge in [0.2, 0.25) is 0 Å². The maximum Gasteiger partial charge on any atom is 0.0773 e. The molecule has 0 saturated heterocycles. The van der Waals surface area contributed by atoms with Gasteiger partial charge in [-0.1, -0.05) is 53.5 Å². The summed E-state index contributed by atoms with van der Waals surface area (Å²) in [6.45, 7) is 0. The zero-order valence-corrected chi connectivity index (χ0v) is 11.8. The lowest BCUT2D eigenvalue weighted by Crippen LogP contribution is -2.28. The van der Waals surface area contributed by atoms with Gasteiger partial charge in [0, 0.05) is 16.5 Å². The molecule has 2 nitrogen and oxygen atoms in total. The highest BCUT2D eigenvalue weighted by Gasteiger charge is 2.20. The molecule has 2 rings (SSSR count). The van der Waals surface area contributed by atoms with Crippen LogP contribution < -0.4 is 5.73 Å². The maximum atomic E-state index is 10.2. The van der Waals surface area contributed by atoms with Gasteiger partial charge in [-0.2, -0.15) is 0 Å². The van der Waals surface area contributed by atoms with E-state index in [0.29, 0.717) is 22.0 Å². The summed E-state index contributed by atoms with van der Waals surface area (Å²) >= 11 is 12.0. The van der Waals surface area contributed by atoms with Gasteiger partial charge in [-0.3, -0.25) is 0 Å². The Kier molecular flexibility index (Phi) is 4.83. The molecule has 0 heterocycles. The summed E-state index contributed by atoms with van der Waals surface area (Å²) in [7, 11) is 0. The minimum atomic E-state index is -0.710. The quantitative estimate of drug-likeness (QED) is 0.905. The maximum absolute atomic E-state index is 10.2. The number of hydrogen-bond donors (Lipinski definition) is 2. The molecule has 0 saturated carbocycles. The van der Waals surface area contributed by atoms with E-state index < -0.39 is 12.1 Å². The van der Waals surface area contributed by atoms with Crippen LogP contribution in [0.4, 0.5) is 0 Å². The highest BCUT2D eigenvalue weighted by molar-refractivity contribution is 6.33. The monoisotopic (exact) mass is 295 g/mol. The van der Waals surface area contributed by atoms with Crippen LogP contribution >= 0.6 is 23.2 Å². The fourth-order valence-corrected chi connectivity index (χ4v) is 2.38. The van der Waals surface area contributed by atoms with Crippen LogP contribution in [0.5, 0.6) is 0 Å². The van der Waals surface area contributed by atoms with E-state index in [1.165, 1.54) is 0 Å². The third kappa shape index (κ3) is 3.71. The van der Waals surface area contributed by atoms with Gasteiger partial charge in [0.1, 0.15) is 0 Å². The summed E-state index contributed by atoms with van der Waals surface area (Å²) in [5.74, 6) is 0. The highest BCUT2D eigenvalue weighted by Crippen LogP contribution is 2.27. The van der Waals surface area contributed by atoms with Gasteiger partial charge in [-0.25, -0.2) is 0 Å². The molecule has 0 aliphatic carbocycles. The largest absolute Gasteiger partial charge is 0.391 e. The second-order valence-electron chi connectivity index (χ2n) is 4.45. The van der Waals surface area contributed by atoms with Gasteiger partial charge in [0.25, 0.3) is 0 Å². The van der Waals surface area contributed by atoms with E-state index >= 15 is 0 Å². The lowest BCUT2D eigenvalue weighted by atomic mass is 9.97. The molecule has 100 valence electrons. The topological polar surface area (TPSA) is 46.2 Å². The molecule has 0 aliphatic rings. The Hall–Kier alpha value is -1.06. The van der Waals surface area contributed by atoms with Crippen molar-refractivity contribution in [2.24, 2.45) is 5.73 Å². The Bertz CT molecular complexity index is 545. The van der Waals surface area contributed by atoms with E-state index in [1.807, 2.05) is 30.3 Å². The van der Waals surface area contributed by atoms with E-state index in [9.17, 15) is 5.11 Å². The summed E-state index contributed by atoms with van der Waals surface area (Å²) in [6.07, 6.45) is -0.233. The van der Waals surface area contributed by atoms with Crippen molar-refractivity contribution in [2.45, 2.75) is 18.6 Å². The summed E-state index contributed by atoms with van der Waals surface area (Å²) in [5.41, 5.74) is 7.76. The van der Waals surface area contributed by atoms with Crippen molar-refractivity contribution in [3.05, 3.63) is 69.7 Å². The predicted octanol–water partition coefficient (Wildman–Crippen LogP) is 3.60. The third-order valence-corrected chi connectivity index (χ3v) is 3.60. The lowest BCUT2D eigenvalue weighted by Gasteiger charge is -2.20. The molecular formula is C15H15Cl2NO. The zero-order valence-electron chi connectivity index (χ0n) is 10.3. The first-order chi connectivity index (χ1) is 9.08. The molecule has 0 spiro atoms. The van der Waals surface area contributed by atoms with Gasteiger partial charge in [-0.15, -0.1) is 0 Å². The predicted molar refractivity (Wildman–Crippen MR) is 79.5 cm³/mol. The SMILES string of the molecule is N[C@@H](c1cc(Cl)ccc1Cl)[C@H](O)Cc1ccccc1. The van der Waals surface area contributed by atoms with Crippen LogP contribution in [-0.2, 0) is 6.42 Å². The van der Waals surface area contributed by atoms with Crippen LogP contribution in [0.3, 0.4) is 0 Å². The Morgan fingerprint density at radius 3 is 2.42 bits per heavy atom. The average molecular weight is 296 g/mol. The number of hydrogen-bond acceptors (Lipinski definition) is 2. The smallest absolute Gasteiger partial charge is 0.0773 e. The van der Waals surface area contributed by atoms with E-state index in [0.717, 1.165) is 5.56 Å². The Balaban J connectivity index is 2.14. The normalized spacial score (nSPS) is 14.1. The van der Waals surface area contributed by atoms with Gasteiger partial charge in [-0.05, 0) is 29.3 Å². The first-order valence-electron chi connectivity index (χ1n) is 6.00. The Morgan fingerprint density at radius 2 is 1.74 bits per heavy atom. The highest BCUT2D eigenvalue weighted by atomic mass is 35.5. The molecule has 0 aliphatic heterocycles. The van der Waals surface area contributed by atoms with Crippen LogP contribution in [-0.4, -0.2) is 11.2 Å². The van der Waals surface area contributed by atoms with E-state index in [4.69, 9.17) is 28.9 Å². The summed E-state index contributed by atoms with van der Waals surface area (Å²) in [5, 5.41) is 11.3. The van der Waals surface area contributed by atoms with Crippen molar-refractivity contribution >= 4 is 23.2 Å². The first kappa shape index (κ1) is 14.4. The number of halogens is 2. The zero-order chi connectivity index (χ0) is 13.8. The molecule has 2 aromatic carbocycles. The van der Waals surface area contributed by atoms with Gasteiger partial charge in [0.05, 0.1) is 12.1 Å². The van der Waals surface area contributed by atoms with Crippen molar-refractivity contribution < 1.29 is 5.11 Å². The summed E-state index contributed by atoms with van der Waals surface area (Å²) in [4.78, 5) is 0. The Morgan fingerprint density at radius 1 is 1.05 bits per heavy atom. The molecule has 4 heteroatoms. The number of aliphatic hydroxyl groups is 1. The first-order valence-corrected chi connectivity index (χ1v) is 6.76. The van der Waals surface area contributed by atoms with Crippen LogP contribution in [0, 0.1) is 0 Å². The Labute approximate surface area is 122 Å². The second-order valence-corrected chi connectivity index (χ2v) is 5.29. The van der Waals surface area contributed by atoms with Crippen LogP contribution in [0.2, 0.25) is 10.0 Å². The standard InChI is InChI=1S/C15H15Cl2NO/c16-11-6-7-13(17)12(9-11)15(18)14(19)8-10-4-2-1-3-5-10/h1-7,9,14-15,19H,8,18H2/t14-,15+/m1/s1. The summed E-state index contributed by atoms with van der Waals surface area (Å²) < 4.78 is 0. The van der Waals surface area contributed by atoms with Crippen molar-refractivity contribution in [1.29, 1.82) is 0 Å². The number of rotatable bonds is 4. The molecule has 0 radical (unpaired) electrons. The van der Waals surface area contributed by atoms with Crippen molar-refractivity contribution in [1.82, 2.24) is 0 Å². The molecule has 0 amide bonds. The van der Waals surface area contributed by atoms with Crippen molar-refractivity contribution in [3.8, 4) is 0 Å². The molecule has 0 bridgehead atoms. The van der Waals surface area contributed by atoms with Crippen LogP contribution in [0.1, 0.15) is 17.2 Å². The fourth-order valence-electron chi connectivity index (χ4n) is 1.96. The van der Waals surface area contributed by atoms with Crippen molar-refractivity contribution in [2.75, 3.05) is 0 Å². The molecule has 0 fully saturated rings. The minimum absolute atomic E-state index is 0.477. The minimum Gasteiger partial charge on any atom is -0.391 e. The van der Waals surface area contributed by atoms with Crippen LogP contribution in [0.25, 0.3) is 0 Å². The second kappa shape index (κ2) is 6.40. The van der Waals surface area contributed by atoms with Gasteiger partial charge in [0.15, 0.2) is 0 Å². The average Bonchev–Trinajstić information content (AvgIpc) is 2.42. The van der Waals surface area contributed by atoms with E-state index in [2.05, 4.69) is 0 Å². The molecule has 19 heavy (non-hydrogen) atoms. The van der Waals surface area contributed by atoms with Crippen molar-refractivity contribution in [3.63, 3.8) is 0 Å². The van der Waals surface area contributed by atoms with E-state index in [1.54, 1.807) is 18.2 Å². The molecule has 3 N–H and O–H groups in total. The molecule has 2 aromatic rings.